The van der Waals surface area contributed by atoms with E-state index in [0.717, 1.165) is 43.9 Å². The van der Waals surface area contributed by atoms with Crippen LogP contribution in [0.15, 0.2) is 18.2 Å². The van der Waals surface area contributed by atoms with Crippen LogP contribution in [-0.4, -0.2) is 39.8 Å². The number of methoxy groups -OCH3 is 2. The first-order valence-corrected chi connectivity index (χ1v) is 10.4. The van der Waals surface area contributed by atoms with E-state index >= 15 is 0 Å². The molecule has 1 aliphatic heterocycles. The lowest BCUT2D eigenvalue weighted by atomic mass is 9.69. The number of carbonyl (C=O) groups is 1. The summed E-state index contributed by atoms with van der Waals surface area (Å²) in [7, 11) is 3.34. The molecule has 3 rings (SSSR count). The summed E-state index contributed by atoms with van der Waals surface area (Å²) in [5.74, 6) is 2.36. The van der Waals surface area contributed by atoms with E-state index in [1.165, 1.54) is 31.2 Å². The Labute approximate surface area is 175 Å². The van der Waals surface area contributed by atoms with Gasteiger partial charge in [-0.3, -0.25) is 4.79 Å². The van der Waals surface area contributed by atoms with Crippen molar-refractivity contribution < 1.29 is 14.3 Å². The highest BCUT2D eigenvalue weighted by atomic mass is 35.5. The van der Waals surface area contributed by atoms with Crippen LogP contribution >= 0.6 is 12.4 Å². The summed E-state index contributed by atoms with van der Waals surface area (Å²) >= 11 is 0. The molecule has 1 aromatic rings. The number of rotatable bonds is 8. The number of hydrogen-bond acceptors (Lipinski definition) is 4. The maximum atomic E-state index is 12.5. The number of ether oxygens (including phenoxy) is 2. The third-order valence-electron chi connectivity index (χ3n) is 6.37. The minimum atomic E-state index is 0. The molecule has 28 heavy (non-hydrogen) atoms. The molecule has 2 N–H and O–H groups in total. The average molecular weight is 411 g/mol. The second kappa shape index (κ2) is 10.9. The average Bonchev–Trinajstić information content (AvgIpc) is 3.24. The van der Waals surface area contributed by atoms with Gasteiger partial charge in [-0.25, -0.2) is 0 Å². The van der Waals surface area contributed by atoms with Crippen molar-refractivity contribution in [2.24, 2.45) is 5.92 Å². The van der Waals surface area contributed by atoms with Crippen LogP contribution in [0.2, 0.25) is 0 Å². The molecule has 1 heterocycles. The monoisotopic (exact) mass is 410 g/mol. The summed E-state index contributed by atoms with van der Waals surface area (Å²) in [4.78, 5) is 12.5. The van der Waals surface area contributed by atoms with Crippen molar-refractivity contribution in [3.05, 3.63) is 23.8 Å². The van der Waals surface area contributed by atoms with Gasteiger partial charge < -0.3 is 20.1 Å². The highest BCUT2D eigenvalue weighted by Crippen LogP contribution is 2.42. The molecule has 1 saturated heterocycles. The van der Waals surface area contributed by atoms with Gasteiger partial charge in [0.05, 0.1) is 14.2 Å². The first-order chi connectivity index (χ1) is 13.2. The van der Waals surface area contributed by atoms with Crippen LogP contribution in [-0.2, 0) is 10.2 Å². The van der Waals surface area contributed by atoms with E-state index in [1.54, 1.807) is 14.2 Å². The predicted molar refractivity (Wildman–Crippen MR) is 115 cm³/mol. The van der Waals surface area contributed by atoms with Gasteiger partial charge in [0.15, 0.2) is 11.5 Å². The molecule has 2 fully saturated rings. The minimum Gasteiger partial charge on any atom is -0.493 e. The SMILES string of the molecule is COc1ccc(C2(CNC(=O)CCC3CCNC3)CCCCC2)cc1OC.Cl. The van der Waals surface area contributed by atoms with Gasteiger partial charge in [0.2, 0.25) is 5.91 Å². The van der Waals surface area contributed by atoms with Crippen molar-refractivity contribution in [1.82, 2.24) is 10.6 Å². The number of amides is 1. The molecule has 5 nitrogen and oxygen atoms in total. The maximum absolute atomic E-state index is 12.5. The van der Waals surface area contributed by atoms with Gasteiger partial charge in [0.1, 0.15) is 0 Å². The molecule has 2 aliphatic rings. The van der Waals surface area contributed by atoms with Crippen LogP contribution in [0.3, 0.4) is 0 Å². The lowest BCUT2D eigenvalue weighted by Gasteiger charge is -2.38. The van der Waals surface area contributed by atoms with Crippen LogP contribution in [0.25, 0.3) is 0 Å². The number of benzene rings is 1. The Balaban J connectivity index is 0.00000280. The fraction of sp³-hybridized carbons (Fsp3) is 0.682. The number of halogens is 1. The van der Waals surface area contributed by atoms with E-state index in [9.17, 15) is 4.79 Å². The summed E-state index contributed by atoms with van der Waals surface area (Å²) in [5, 5.41) is 6.62. The van der Waals surface area contributed by atoms with E-state index < -0.39 is 0 Å². The molecular weight excluding hydrogens is 376 g/mol. The fourth-order valence-corrected chi connectivity index (χ4v) is 4.61. The number of hydrogen-bond donors (Lipinski definition) is 2. The topological polar surface area (TPSA) is 59.6 Å². The summed E-state index contributed by atoms with van der Waals surface area (Å²) in [6.07, 6.45) is 8.72. The Morgan fingerprint density at radius 3 is 2.57 bits per heavy atom. The van der Waals surface area contributed by atoms with Gasteiger partial charge in [-0.15, -0.1) is 12.4 Å². The molecular formula is C22H35ClN2O3. The molecule has 0 radical (unpaired) electrons. The quantitative estimate of drug-likeness (QED) is 0.683. The largest absolute Gasteiger partial charge is 0.493 e. The van der Waals surface area contributed by atoms with Crippen molar-refractivity contribution >= 4 is 18.3 Å². The smallest absolute Gasteiger partial charge is 0.220 e. The van der Waals surface area contributed by atoms with E-state index in [1.807, 2.05) is 6.07 Å². The van der Waals surface area contributed by atoms with Crippen molar-refractivity contribution in [3.8, 4) is 11.5 Å². The zero-order valence-electron chi connectivity index (χ0n) is 17.2. The summed E-state index contributed by atoms with van der Waals surface area (Å²) < 4.78 is 10.9. The summed E-state index contributed by atoms with van der Waals surface area (Å²) in [6, 6.07) is 6.23. The molecule has 0 spiro atoms. The van der Waals surface area contributed by atoms with Crippen LogP contribution in [0, 0.1) is 5.92 Å². The third kappa shape index (κ3) is 5.54. The zero-order chi connectivity index (χ0) is 19.1. The van der Waals surface area contributed by atoms with Gasteiger partial charge in [-0.05, 0) is 62.4 Å². The second-order valence-electron chi connectivity index (χ2n) is 8.08. The molecule has 1 atom stereocenters. The van der Waals surface area contributed by atoms with Gasteiger partial charge in [0, 0.05) is 18.4 Å². The number of nitrogens with one attached hydrogen (secondary N) is 2. The Kier molecular flexibility index (Phi) is 8.90. The van der Waals surface area contributed by atoms with Crippen LogP contribution in [0.4, 0.5) is 0 Å². The lowest BCUT2D eigenvalue weighted by molar-refractivity contribution is -0.121. The van der Waals surface area contributed by atoms with Gasteiger partial charge in [0.25, 0.3) is 0 Å². The van der Waals surface area contributed by atoms with Crippen LogP contribution in [0.5, 0.6) is 11.5 Å². The zero-order valence-corrected chi connectivity index (χ0v) is 18.0. The predicted octanol–water partition coefficient (Wildman–Crippen LogP) is 3.83. The molecule has 1 saturated carbocycles. The second-order valence-corrected chi connectivity index (χ2v) is 8.08. The first-order valence-electron chi connectivity index (χ1n) is 10.4. The van der Waals surface area contributed by atoms with Crippen molar-refractivity contribution in [3.63, 3.8) is 0 Å². The van der Waals surface area contributed by atoms with Crippen molar-refractivity contribution in [2.75, 3.05) is 33.9 Å². The molecule has 6 heteroatoms. The molecule has 0 aromatic heterocycles. The lowest BCUT2D eigenvalue weighted by Crippen LogP contribution is -2.42. The summed E-state index contributed by atoms with van der Waals surface area (Å²) in [5.41, 5.74) is 1.25. The molecule has 0 bridgehead atoms. The van der Waals surface area contributed by atoms with E-state index in [-0.39, 0.29) is 23.7 Å². The van der Waals surface area contributed by atoms with E-state index in [2.05, 4.69) is 22.8 Å². The molecule has 1 amide bonds. The van der Waals surface area contributed by atoms with Gasteiger partial charge in [-0.1, -0.05) is 25.3 Å². The number of carbonyl (C=O) groups excluding carboxylic acids is 1. The fourth-order valence-electron chi connectivity index (χ4n) is 4.61. The van der Waals surface area contributed by atoms with Crippen molar-refractivity contribution in [1.29, 1.82) is 0 Å². The van der Waals surface area contributed by atoms with Crippen LogP contribution in [0.1, 0.15) is 56.9 Å². The molecule has 1 aromatic carbocycles. The Hall–Kier alpha value is -1.46. The minimum absolute atomic E-state index is 0. The van der Waals surface area contributed by atoms with E-state index in [4.69, 9.17) is 9.47 Å². The normalized spacial score (nSPS) is 20.9. The Bertz CT molecular complexity index is 626. The van der Waals surface area contributed by atoms with Gasteiger partial charge >= 0.3 is 0 Å². The highest BCUT2D eigenvalue weighted by molar-refractivity contribution is 5.85. The highest BCUT2D eigenvalue weighted by Gasteiger charge is 2.35. The van der Waals surface area contributed by atoms with Crippen molar-refractivity contribution in [2.45, 2.75) is 56.8 Å². The molecule has 158 valence electrons. The summed E-state index contributed by atoms with van der Waals surface area (Å²) in [6.45, 7) is 2.86. The molecule has 1 aliphatic carbocycles. The molecule has 1 unspecified atom stereocenters. The third-order valence-corrected chi connectivity index (χ3v) is 6.37. The Morgan fingerprint density at radius 1 is 1.18 bits per heavy atom. The standard InChI is InChI=1S/C22H34N2O3.ClH/c1-26-19-8-7-18(14-20(19)27-2)22(11-4-3-5-12-22)16-24-21(25)9-6-17-10-13-23-15-17;/h7-8,14,17,23H,3-6,9-13,15-16H2,1-2H3,(H,24,25);1H. The Morgan fingerprint density at radius 2 is 1.93 bits per heavy atom. The van der Waals surface area contributed by atoms with Crippen LogP contribution < -0.4 is 20.1 Å². The maximum Gasteiger partial charge on any atom is 0.220 e. The van der Waals surface area contributed by atoms with E-state index in [0.29, 0.717) is 18.9 Å². The van der Waals surface area contributed by atoms with Gasteiger partial charge in [-0.2, -0.15) is 0 Å². The first kappa shape index (κ1) is 22.8.